The van der Waals surface area contributed by atoms with Crippen molar-refractivity contribution in [3.05, 3.63) is 102 Å². The number of hydrogen-bond acceptors (Lipinski definition) is 0. The van der Waals surface area contributed by atoms with Crippen LogP contribution in [0.1, 0.15) is 0 Å². The number of benzene rings is 5. The number of halogens is 1. The Kier molecular flexibility index (Phi) is 3.36. The number of rotatable bonds is 1. The first-order valence-corrected chi connectivity index (χ1v) is 10.8. The first kappa shape index (κ1) is 17.0. The van der Waals surface area contributed by atoms with Gasteiger partial charge >= 0.3 is 0 Å². The molecule has 0 atom stereocenters. The Morgan fingerprint density at radius 2 is 1.29 bits per heavy atom. The van der Waals surface area contributed by atoms with Gasteiger partial charge < -0.3 is 9.55 Å². The fourth-order valence-electron chi connectivity index (χ4n) is 5.05. The normalized spacial score (nSPS) is 12.0. The van der Waals surface area contributed by atoms with Crippen LogP contribution in [-0.4, -0.2) is 9.55 Å². The van der Waals surface area contributed by atoms with Crippen LogP contribution in [0, 0.1) is 0 Å². The zero-order chi connectivity index (χ0) is 20.5. The van der Waals surface area contributed by atoms with Crippen LogP contribution in [0.5, 0.6) is 0 Å². The lowest BCUT2D eigenvalue weighted by atomic mass is 10.1. The van der Waals surface area contributed by atoms with Gasteiger partial charge in [-0.15, -0.1) is 0 Å². The molecule has 31 heavy (non-hydrogen) atoms. The second-order valence-corrected chi connectivity index (χ2v) is 8.40. The first-order valence-electron chi connectivity index (χ1n) is 10.4. The molecule has 0 aliphatic carbocycles. The average molecular weight is 417 g/mol. The number of para-hydroxylation sites is 2. The van der Waals surface area contributed by atoms with Gasteiger partial charge in [-0.25, -0.2) is 0 Å². The van der Waals surface area contributed by atoms with Gasteiger partial charge in [-0.1, -0.05) is 78.3 Å². The molecule has 7 rings (SSSR count). The second-order valence-electron chi connectivity index (χ2n) is 8.03. The topological polar surface area (TPSA) is 20.7 Å². The van der Waals surface area contributed by atoms with Crippen molar-refractivity contribution in [2.45, 2.75) is 0 Å². The molecule has 5 aromatic carbocycles. The lowest BCUT2D eigenvalue weighted by Gasteiger charge is -2.12. The van der Waals surface area contributed by atoms with Crippen LogP contribution in [-0.2, 0) is 0 Å². The molecule has 0 bridgehead atoms. The molecule has 2 aromatic heterocycles. The van der Waals surface area contributed by atoms with E-state index in [-0.39, 0.29) is 0 Å². The van der Waals surface area contributed by atoms with E-state index in [0.717, 1.165) is 43.5 Å². The molecule has 0 saturated carbocycles. The van der Waals surface area contributed by atoms with Gasteiger partial charge in [0.05, 0.1) is 21.7 Å². The highest BCUT2D eigenvalue weighted by Gasteiger charge is 2.19. The fraction of sp³-hybridized carbons (Fsp3) is 0. The first-order chi connectivity index (χ1) is 15.3. The SMILES string of the molecule is Clc1c(-n2c3ccccc3c3c4c(ccc32)[nH]c2ccccc24)ccc2ccccc12. The summed E-state index contributed by atoms with van der Waals surface area (Å²) in [6.45, 7) is 0. The summed E-state index contributed by atoms with van der Waals surface area (Å²) in [4.78, 5) is 3.58. The highest BCUT2D eigenvalue weighted by molar-refractivity contribution is 6.38. The second kappa shape index (κ2) is 6.13. The van der Waals surface area contributed by atoms with Crippen LogP contribution in [0.15, 0.2) is 97.1 Å². The van der Waals surface area contributed by atoms with E-state index in [9.17, 15) is 0 Å². The maximum absolute atomic E-state index is 7.00. The maximum Gasteiger partial charge on any atom is 0.0725 e. The van der Waals surface area contributed by atoms with E-state index >= 15 is 0 Å². The lowest BCUT2D eigenvalue weighted by Crippen LogP contribution is -1.95. The monoisotopic (exact) mass is 416 g/mol. The van der Waals surface area contributed by atoms with Crippen LogP contribution < -0.4 is 0 Å². The van der Waals surface area contributed by atoms with Crippen molar-refractivity contribution in [1.29, 1.82) is 0 Å². The molecule has 0 saturated heterocycles. The summed E-state index contributed by atoms with van der Waals surface area (Å²) in [6.07, 6.45) is 0. The van der Waals surface area contributed by atoms with Crippen LogP contribution in [0.4, 0.5) is 0 Å². The van der Waals surface area contributed by atoms with Crippen LogP contribution in [0.3, 0.4) is 0 Å². The number of H-pyrrole nitrogens is 1. The van der Waals surface area contributed by atoms with Crippen LogP contribution in [0.25, 0.3) is 60.1 Å². The summed E-state index contributed by atoms with van der Waals surface area (Å²) in [5.74, 6) is 0. The molecule has 0 fully saturated rings. The summed E-state index contributed by atoms with van der Waals surface area (Å²) in [6, 6.07) is 34.1. The third-order valence-electron chi connectivity index (χ3n) is 6.39. The lowest BCUT2D eigenvalue weighted by molar-refractivity contribution is 1.19. The van der Waals surface area contributed by atoms with Crippen molar-refractivity contribution >= 4 is 66.0 Å². The van der Waals surface area contributed by atoms with Gasteiger partial charge in [-0.2, -0.15) is 0 Å². The minimum Gasteiger partial charge on any atom is -0.354 e. The minimum absolute atomic E-state index is 0.778. The van der Waals surface area contributed by atoms with Crippen molar-refractivity contribution in [2.75, 3.05) is 0 Å². The van der Waals surface area contributed by atoms with Gasteiger partial charge in [0.25, 0.3) is 0 Å². The smallest absolute Gasteiger partial charge is 0.0725 e. The van der Waals surface area contributed by atoms with E-state index in [4.69, 9.17) is 11.6 Å². The summed E-state index contributed by atoms with van der Waals surface area (Å²) in [5.41, 5.74) is 5.64. The van der Waals surface area contributed by atoms with Crippen molar-refractivity contribution in [1.82, 2.24) is 9.55 Å². The van der Waals surface area contributed by atoms with Gasteiger partial charge in [0.1, 0.15) is 0 Å². The van der Waals surface area contributed by atoms with Crippen LogP contribution >= 0.6 is 11.6 Å². The molecular weight excluding hydrogens is 400 g/mol. The number of aromatic amines is 1. The minimum atomic E-state index is 0.778. The quantitative estimate of drug-likeness (QED) is 0.278. The standard InChI is InChI=1S/C28H17ClN2/c29-28-18-8-2-1-7-17(18)13-15-25(28)31-23-12-6-4-10-20(23)27-24(31)16-14-22-26(27)19-9-3-5-11-21(19)30-22/h1-16,30H. The fourth-order valence-corrected chi connectivity index (χ4v) is 5.37. The third kappa shape index (κ3) is 2.23. The number of aromatic nitrogens is 2. The van der Waals surface area contributed by atoms with Crippen molar-refractivity contribution < 1.29 is 0 Å². The van der Waals surface area contributed by atoms with Crippen molar-refractivity contribution in [3.8, 4) is 5.69 Å². The average Bonchev–Trinajstić information content (AvgIpc) is 3.35. The van der Waals surface area contributed by atoms with Gasteiger partial charge in [0.2, 0.25) is 0 Å². The Hall–Kier alpha value is -3.75. The number of nitrogens with one attached hydrogen (secondary N) is 1. The highest BCUT2D eigenvalue weighted by Crippen LogP contribution is 2.41. The Labute approximate surface area is 183 Å². The molecule has 3 heteroatoms. The zero-order valence-electron chi connectivity index (χ0n) is 16.6. The van der Waals surface area contributed by atoms with Gasteiger partial charge in [0.15, 0.2) is 0 Å². The number of fused-ring (bicyclic) bond motifs is 8. The summed E-state index contributed by atoms with van der Waals surface area (Å²) in [7, 11) is 0. The molecule has 2 nitrogen and oxygen atoms in total. The van der Waals surface area contributed by atoms with Crippen molar-refractivity contribution in [3.63, 3.8) is 0 Å². The molecule has 0 aliphatic heterocycles. The highest BCUT2D eigenvalue weighted by atomic mass is 35.5. The molecular formula is C28H17ClN2. The van der Waals surface area contributed by atoms with E-state index < -0.39 is 0 Å². The third-order valence-corrected chi connectivity index (χ3v) is 6.79. The molecule has 0 aliphatic rings. The van der Waals surface area contributed by atoms with Gasteiger partial charge in [-0.05, 0) is 35.7 Å². The predicted molar refractivity (Wildman–Crippen MR) is 133 cm³/mol. The summed E-state index contributed by atoms with van der Waals surface area (Å²) in [5, 5.41) is 8.00. The van der Waals surface area contributed by atoms with Gasteiger partial charge in [0, 0.05) is 38.0 Å². The molecule has 0 spiro atoms. The molecule has 7 aromatic rings. The van der Waals surface area contributed by atoms with E-state index in [1.807, 2.05) is 12.1 Å². The van der Waals surface area contributed by atoms with E-state index in [1.54, 1.807) is 0 Å². The Morgan fingerprint density at radius 1 is 0.548 bits per heavy atom. The predicted octanol–water partition coefficient (Wildman–Crippen LogP) is 8.22. The molecule has 0 amide bonds. The molecule has 146 valence electrons. The Morgan fingerprint density at radius 3 is 2.19 bits per heavy atom. The number of hydrogen-bond donors (Lipinski definition) is 1. The van der Waals surface area contributed by atoms with E-state index in [1.165, 1.54) is 21.5 Å². The molecule has 2 heterocycles. The molecule has 1 N–H and O–H groups in total. The Bertz CT molecular complexity index is 1800. The van der Waals surface area contributed by atoms with E-state index in [0.29, 0.717) is 0 Å². The van der Waals surface area contributed by atoms with Crippen molar-refractivity contribution in [2.24, 2.45) is 0 Å². The number of nitrogens with zero attached hydrogens (tertiary/aromatic N) is 1. The van der Waals surface area contributed by atoms with Crippen LogP contribution in [0.2, 0.25) is 5.02 Å². The maximum atomic E-state index is 7.00. The van der Waals surface area contributed by atoms with Gasteiger partial charge in [-0.3, -0.25) is 0 Å². The summed E-state index contributed by atoms with van der Waals surface area (Å²) >= 11 is 7.00. The largest absolute Gasteiger partial charge is 0.354 e. The van der Waals surface area contributed by atoms with E-state index in [2.05, 4.69) is 94.5 Å². The zero-order valence-corrected chi connectivity index (χ0v) is 17.3. The molecule has 0 radical (unpaired) electrons. The molecule has 0 unspecified atom stereocenters. The Balaban J connectivity index is 1.72. The summed E-state index contributed by atoms with van der Waals surface area (Å²) < 4.78 is 2.31.